The van der Waals surface area contributed by atoms with Gasteiger partial charge in [-0.1, -0.05) is 0 Å². The molecule has 0 radical (unpaired) electrons. The van der Waals surface area contributed by atoms with Crippen LogP contribution < -0.4 is 5.32 Å². The number of hydrogen-bond donors (Lipinski definition) is 1. The molecule has 1 aliphatic rings. The van der Waals surface area contributed by atoms with Gasteiger partial charge in [0.2, 0.25) is 0 Å². The molecule has 1 fully saturated rings. The number of nitrogens with zero attached hydrogens (tertiary/aromatic N) is 2. The van der Waals surface area contributed by atoms with E-state index in [2.05, 4.69) is 15.0 Å². The van der Waals surface area contributed by atoms with Crippen molar-refractivity contribution in [1.29, 1.82) is 0 Å². The third-order valence-corrected chi connectivity index (χ3v) is 3.37. The molecule has 1 aromatic heterocycles. The maximum atomic E-state index is 12.4. The number of amides is 1. The lowest BCUT2D eigenvalue weighted by atomic mass is 10.1. The molecule has 2 rings (SSSR count). The molecule has 8 heteroatoms. The Balaban J connectivity index is 1.88. The SMILES string of the molecule is COC(=O)N1CCC(Nc2ccc(C(F)(F)F)cn2)CC1. The molecule has 1 saturated heterocycles. The van der Waals surface area contributed by atoms with Crippen LogP contribution in [0.5, 0.6) is 0 Å². The highest BCUT2D eigenvalue weighted by molar-refractivity contribution is 5.67. The summed E-state index contributed by atoms with van der Waals surface area (Å²) in [5.74, 6) is 0.402. The van der Waals surface area contributed by atoms with Gasteiger partial charge in [0.15, 0.2) is 0 Å². The van der Waals surface area contributed by atoms with Gasteiger partial charge in [-0.15, -0.1) is 0 Å². The van der Waals surface area contributed by atoms with Crippen molar-refractivity contribution >= 4 is 11.9 Å². The largest absolute Gasteiger partial charge is 0.453 e. The third-order valence-electron chi connectivity index (χ3n) is 3.37. The number of ether oxygens (including phenoxy) is 1. The fourth-order valence-electron chi connectivity index (χ4n) is 2.19. The van der Waals surface area contributed by atoms with Crippen LogP contribution in [0, 0.1) is 0 Å². The first-order valence-corrected chi connectivity index (χ1v) is 6.53. The topological polar surface area (TPSA) is 54.5 Å². The first-order chi connectivity index (χ1) is 9.90. The minimum Gasteiger partial charge on any atom is -0.453 e. The fourth-order valence-corrected chi connectivity index (χ4v) is 2.19. The lowest BCUT2D eigenvalue weighted by molar-refractivity contribution is -0.137. The van der Waals surface area contributed by atoms with Gasteiger partial charge in [-0.2, -0.15) is 13.2 Å². The quantitative estimate of drug-likeness (QED) is 0.913. The number of nitrogens with one attached hydrogen (secondary N) is 1. The monoisotopic (exact) mass is 303 g/mol. The number of pyridine rings is 1. The zero-order valence-electron chi connectivity index (χ0n) is 11.5. The lowest BCUT2D eigenvalue weighted by Gasteiger charge is -2.31. The van der Waals surface area contributed by atoms with E-state index in [0.29, 0.717) is 31.7 Å². The molecule has 0 saturated carbocycles. The van der Waals surface area contributed by atoms with Crippen LogP contribution in [0.25, 0.3) is 0 Å². The molecule has 0 unspecified atom stereocenters. The summed E-state index contributed by atoms with van der Waals surface area (Å²) in [6.45, 7) is 1.09. The van der Waals surface area contributed by atoms with Crippen LogP contribution in [-0.4, -0.2) is 42.2 Å². The standard InChI is InChI=1S/C13H16F3N3O2/c1-21-12(20)19-6-4-10(5-7-19)18-11-3-2-9(8-17-11)13(14,15)16/h2-3,8,10H,4-7H2,1H3,(H,17,18). The van der Waals surface area contributed by atoms with Crippen LogP contribution in [0.2, 0.25) is 0 Å². The predicted molar refractivity (Wildman–Crippen MR) is 69.9 cm³/mol. The summed E-state index contributed by atoms with van der Waals surface area (Å²) in [5, 5.41) is 3.08. The molecule has 1 amide bonds. The minimum absolute atomic E-state index is 0.0788. The molecule has 21 heavy (non-hydrogen) atoms. The molecule has 1 aromatic rings. The first-order valence-electron chi connectivity index (χ1n) is 6.53. The molecular weight excluding hydrogens is 287 g/mol. The highest BCUT2D eigenvalue weighted by Gasteiger charge is 2.30. The van der Waals surface area contributed by atoms with Crippen molar-refractivity contribution in [2.24, 2.45) is 0 Å². The molecular formula is C13H16F3N3O2. The van der Waals surface area contributed by atoms with Crippen molar-refractivity contribution < 1.29 is 22.7 Å². The van der Waals surface area contributed by atoms with E-state index in [1.807, 2.05) is 0 Å². The smallest absolute Gasteiger partial charge is 0.417 e. The number of halogens is 3. The number of rotatable bonds is 2. The van der Waals surface area contributed by atoms with E-state index in [4.69, 9.17) is 0 Å². The number of aromatic nitrogens is 1. The Kier molecular flexibility index (Phi) is 4.54. The molecule has 0 aromatic carbocycles. The van der Waals surface area contributed by atoms with Crippen LogP contribution in [0.4, 0.5) is 23.8 Å². The number of alkyl halides is 3. The maximum Gasteiger partial charge on any atom is 0.417 e. The average molecular weight is 303 g/mol. The molecule has 1 N–H and O–H groups in total. The van der Waals surface area contributed by atoms with Gasteiger partial charge in [0.1, 0.15) is 5.82 Å². The van der Waals surface area contributed by atoms with E-state index >= 15 is 0 Å². The van der Waals surface area contributed by atoms with Crippen molar-refractivity contribution in [3.63, 3.8) is 0 Å². The van der Waals surface area contributed by atoms with Crippen LogP contribution in [0.15, 0.2) is 18.3 Å². The Labute approximate surface area is 120 Å². The first kappa shape index (κ1) is 15.4. The molecule has 2 heterocycles. The molecule has 0 bridgehead atoms. The van der Waals surface area contributed by atoms with Gasteiger partial charge in [-0.05, 0) is 25.0 Å². The van der Waals surface area contributed by atoms with Crippen LogP contribution in [0.1, 0.15) is 18.4 Å². The highest BCUT2D eigenvalue weighted by atomic mass is 19.4. The summed E-state index contributed by atoms with van der Waals surface area (Å²) < 4.78 is 41.9. The van der Waals surface area contributed by atoms with Crippen LogP contribution in [-0.2, 0) is 10.9 Å². The summed E-state index contributed by atoms with van der Waals surface area (Å²) in [4.78, 5) is 16.7. The number of hydrogen-bond acceptors (Lipinski definition) is 4. The van der Waals surface area contributed by atoms with Crippen molar-refractivity contribution in [3.8, 4) is 0 Å². The molecule has 0 spiro atoms. The summed E-state index contributed by atoms with van der Waals surface area (Å²) in [6, 6.07) is 2.39. The Morgan fingerprint density at radius 3 is 2.52 bits per heavy atom. The van der Waals surface area contributed by atoms with Gasteiger partial charge in [-0.3, -0.25) is 0 Å². The van der Waals surface area contributed by atoms with Gasteiger partial charge in [-0.25, -0.2) is 9.78 Å². The Morgan fingerprint density at radius 2 is 2.05 bits per heavy atom. The van der Waals surface area contributed by atoms with E-state index in [-0.39, 0.29) is 12.1 Å². The summed E-state index contributed by atoms with van der Waals surface area (Å²) >= 11 is 0. The van der Waals surface area contributed by atoms with Gasteiger partial charge in [0.05, 0.1) is 12.7 Å². The second-order valence-electron chi connectivity index (χ2n) is 4.81. The minimum atomic E-state index is -4.38. The van der Waals surface area contributed by atoms with Crippen LogP contribution in [0.3, 0.4) is 0 Å². The second kappa shape index (κ2) is 6.19. The van der Waals surface area contributed by atoms with Crippen molar-refractivity contribution in [2.75, 3.05) is 25.5 Å². The van der Waals surface area contributed by atoms with E-state index in [1.165, 1.54) is 13.2 Å². The van der Waals surface area contributed by atoms with Crippen molar-refractivity contribution in [1.82, 2.24) is 9.88 Å². The van der Waals surface area contributed by atoms with E-state index in [9.17, 15) is 18.0 Å². The molecule has 116 valence electrons. The summed E-state index contributed by atoms with van der Waals surface area (Å²) in [6.07, 6.45) is -2.54. The fraction of sp³-hybridized carbons (Fsp3) is 0.538. The molecule has 0 aliphatic carbocycles. The summed E-state index contributed by atoms with van der Waals surface area (Å²) in [5.41, 5.74) is -0.770. The zero-order valence-corrected chi connectivity index (χ0v) is 11.5. The highest BCUT2D eigenvalue weighted by Crippen LogP contribution is 2.29. The maximum absolute atomic E-state index is 12.4. The number of piperidine rings is 1. The Bertz CT molecular complexity index is 482. The zero-order chi connectivity index (χ0) is 15.5. The van der Waals surface area contributed by atoms with Crippen molar-refractivity contribution in [2.45, 2.75) is 25.1 Å². The van der Waals surface area contributed by atoms with Gasteiger partial charge in [0.25, 0.3) is 0 Å². The van der Waals surface area contributed by atoms with E-state index < -0.39 is 11.7 Å². The normalized spacial score (nSPS) is 16.7. The van der Waals surface area contributed by atoms with Gasteiger partial charge < -0.3 is 15.0 Å². The van der Waals surface area contributed by atoms with E-state index in [1.54, 1.807) is 4.90 Å². The molecule has 5 nitrogen and oxygen atoms in total. The number of likely N-dealkylation sites (tertiary alicyclic amines) is 1. The third kappa shape index (κ3) is 3.99. The number of carbonyl (C=O) groups excluding carboxylic acids is 1. The number of carbonyl (C=O) groups is 1. The van der Waals surface area contributed by atoms with Crippen LogP contribution >= 0.6 is 0 Å². The average Bonchev–Trinajstić information content (AvgIpc) is 2.47. The molecule has 1 aliphatic heterocycles. The number of anilines is 1. The number of methoxy groups -OCH3 is 1. The molecule has 0 atom stereocenters. The van der Waals surface area contributed by atoms with Gasteiger partial charge in [0, 0.05) is 25.3 Å². The van der Waals surface area contributed by atoms with E-state index in [0.717, 1.165) is 12.3 Å². The second-order valence-corrected chi connectivity index (χ2v) is 4.81. The van der Waals surface area contributed by atoms with Crippen molar-refractivity contribution in [3.05, 3.63) is 23.9 Å². The predicted octanol–water partition coefficient (Wildman–Crippen LogP) is 2.74. The summed E-state index contributed by atoms with van der Waals surface area (Å²) in [7, 11) is 1.33. The Morgan fingerprint density at radius 1 is 1.38 bits per heavy atom. The van der Waals surface area contributed by atoms with Gasteiger partial charge >= 0.3 is 12.3 Å². The lowest BCUT2D eigenvalue weighted by Crippen LogP contribution is -2.42. The Hall–Kier alpha value is -1.99.